The van der Waals surface area contributed by atoms with E-state index in [0.29, 0.717) is 0 Å². The number of pyridine rings is 1. The summed E-state index contributed by atoms with van der Waals surface area (Å²) in [6.07, 6.45) is 1.34. The van der Waals surface area contributed by atoms with Crippen molar-refractivity contribution in [2.45, 2.75) is 19.9 Å². The Morgan fingerprint density at radius 2 is 1.95 bits per heavy atom. The van der Waals surface area contributed by atoms with Crippen LogP contribution in [0.2, 0.25) is 5.02 Å². The van der Waals surface area contributed by atoms with Gasteiger partial charge in [-0.15, -0.1) is 0 Å². The molecule has 2 amide bonds. The first-order valence-electron chi connectivity index (χ1n) is 11.0. The molecule has 0 bridgehead atoms. The zero-order valence-corrected chi connectivity index (χ0v) is 21.4. The van der Waals surface area contributed by atoms with E-state index in [9.17, 15) is 9.18 Å². The van der Waals surface area contributed by atoms with Crippen molar-refractivity contribution in [1.29, 1.82) is 0 Å². The lowest BCUT2D eigenvalue weighted by Crippen LogP contribution is -2.45. The number of aromatic nitrogens is 4. The number of rotatable bonds is 8. The standard InChI is InChI=1S/C24H22ClF2N7O4/c1-11(19-9-20(36-5)32-38-19)31-34(4)24(35)29-12(2)22-18(27)6-14(10-28-22)16-7-15(25)8-17(26)21(16)23-30-13(3)37-33-23/h6-10,12,31H,1H2,2-5H3,(H,29,35)/t12-/m1/s1. The van der Waals surface area contributed by atoms with Gasteiger partial charge in [0.1, 0.15) is 11.6 Å². The van der Waals surface area contributed by atoms with Gasteiger partial charge in [-0.2, -0.15) is 4.98 Å². The van der Waals surface area contributed by atoms with Gasteiger partial charge in [0.25, 0.3) is 5.88 Å². The largest absolute Gasteiger partial charge is 0.479 e. The zero-order valence-electron chi connectivity index (χ0n) is 20.7. The number of nitrogens with zero attached hydrogens (tertiary/aromatic N) is 5. The van der Waals surface area contributed by atoms with Gasteiger partial charge in [-0.25, -0.2) is 18.6 Å². The fourth-order valence-electron chi connectivity index (χ4n) is 3.50. The number of amides is 2. The van der Waals surface area contributed by atoms with E-state index in [4.69, 9.17) is 25.4 Å². The molecule has 0 aliphatic heterocycles. The van der Waals surface area contributed by atoms with Crippen LogP contribution in [0.1, 0.15) is 30.3 Å². The van der Waals surface area contributed by atoms with E-state index in [1.807, 2.05) is 0 Å². The lowest BCUT2D eigenvalue weighted by molar-refractivity contribution is 0.194. The predicted molar refractivity (Wildman–Crippen MR) is 133 cm³/mol. The topological polar surface area (TPSA) is 131 Å². The second-order valence-corrected chi connectivity index (χ2v) is 8.53. The molecular formula is C24H22ClF2N7O4. The molecular weight excluding hydrogens is 524 g/mol. The van der Waals surface area contributed by atoms with Crippen LogP contribution in [0.4, 0.5) is 13.6 Å². The van der Waals surface area contributed by atoms with Crippen molar-refractivity contribution in [3.05, 3.63) is 71.0 Å². The van der Waals surface area contributed by atoms with E-state index in [0.717, 1.165) is 17.1 Å². The van der Waals surface area contributed by atoms with E-state index in [1.165, 1.54) is 32.5 Å². The summed E-state index contributed by atoms with van der Waals surface area (Å²) >= 11 is 6.06. The maximum absolute atomic E-state index is 15.2. The predicted octanol–water partition coefficient (Wildman–Crippen LogP) is 4.91. The first-order chi connectivity index (χ1) is 18.1. The Morgan fingerprint density at radius 3 is 2.58 bits per heavy atom. The summed E-state index contributed by atoms with van der Waals surface area (Å²) in [7, 11) is 2.86. The highest BCUT2D eigenvalue weighted by Gasteiger charge is 2.23. The lowest BCUT2D eigenvalue weighted by atomic mass is 9.99. The Balaban J connectivity index is 1.51. The fourth-order valence-corrected chi connectivity index (χ4v) is 3.70. The van der Waals surface area contributed by atoms with Crippen molar-refractivity contribution in [3.8, 4) is 28.4 Å². The molecule has 0 radical (unpaired) electrons. The maximum atomic E-state index is 15.2. The molecule has 0 spiro atoms. The third-order valence-corrected chi connectivity index (χ3v) is 5.56. The van der Waals surface area contributed by atoms with Crippen molar-refractivity contribution in [2.24, 2.45) is 0 Å². The highest BCUT2D eigenvalue weighted by molar-refractivity contribution is 6.31. The van der Waals surface area contributed by atoms with Crippen LogP contribution in [0.3, 0.4) is 0 Å². The van der Waals surface area contributed by atoms with Crippen molar-refractivity contribution in [3.63, 3.8) is 0 Å². The molecule has 4 aromatic rings. The minimum absolute atomic E-state index is 0.0149. The number of methoxy groups -OCH3 is 1. The molecule has 0 fully saturated rings. The van der Waals surface area contributed by atoms with Gasteiger partial charge in [-0.1, -0.05) is 23.3 Å². The summed E-state index contributed by atoms with van der Waals surface area (Å²) in [5, 5.41) is 11.2. The summed E-state index contributed by atoms with van der Waals surface area (Å²) in [4.78, 5) is 20.9. The molecule has 0 aliphatic carbocycles. The van der Waals surface area contributed by atoms with Crippen molar-refractivity contribution in [1.82, 2.24) is 36.0 Å². The average molecular weight is 546 g/mol. The summed E-state index contributed by atoms with van der Waals surface area (Å²) in [6, 6.07) is 3.75. The average Bonchev–Trinajstić information content (AvgIpc) is 3.52. The third-order valence-electron chi connectivity index (χ3n) is 5.34. The molecule has 1 atom stereocenters. The Morgan fingerprint density at radius 1 is 1.18 bits per heavy atom. The molecule has 198 valence electrons. The number of nitrogens with one attached hydrogen (secondary N) is 2. The lowest BCUT2D eigenvalue weighted by Gasteiger charge is -2.23. The molecule has 3 aromatic heterocycles. The zero-order chi connectivity index (χ0) is 27.6. The van der Waals surface area contributed by atoms with Gasteiger partial charge in [-0.3, -0.25) is 10.4 Å². The molecule has 11 nitrogen and oxygen atoms in total. The maximum Gasteiger partial charge on any atom is 0.336 e. The summed E-state index contributed by atoms with van der Waals surface area (Å²) < 4.78 is 45.0. The van der Waals surface area contributed by atoms with Gasteiger partial charge in [0.2, 0.25) is 11.7 Å². The van der Waals surface area contributed by atoms with E-state index < -0.39 is 23.7 Å². The van der Waals surface area contributed by atoms with Gasteiger partial charge in [0.05, 0.1) is 36.2 Å². The number of hydrogen-bond donors (Lipinski definition) is 2. The Bertz CT molecular complexity index is 1510. The molecule has 38 heavy (non-hydrogen) atoms. The summed E-state index contributed by atoms with van der Waals surface area (Å²) in [5.74, 6) is -0.732. The van der Waals surface area contributed by atoms with Crippen LogP contribution < -0.4 is 15.5 Å². The molecule has 2 N–H and O–H groups in total. The highest BCUT2D eigenvalue weighted by Crippen LogP contribution is 2.36. The number of urea groups is 1. The van der Waals surface area contributed by atoms with Crippen LogP contribution in [0.15, 0.2) is 46.1 Å². The van der Waals surface area contributed by atoms with Crippen LogP contribution in [0.25, 0.3) is 28.2 Å². The number of hydrogen-bond acceptors (Lipinski definition) is 9. The van der Waals surface area contributed by atoms with Gasteiger partial charge in [0, 0.05) is 30.8 Å². The molecule has 14 heteroatoms. The third kappa shape index (κ3) is 5.57. The van der Waals surface area contributed by atoms with E-state index >= 15 is 4.39 Å². The first-order valence-corrected chi connectivity index (χ1v) is 11.4. The van der Waals surface area contributed by atoms with Crippen LogP contribution in [-0.2, 0) is 0 Å². The van der Waals surface area contributed by atoms with Gasteiger partial charge < -0.3 is 19.1 Å². The van der Waals surface area contributed by atoms with Crippen LogP contribution in [0, 0.1) is 18.6 Å². The second kappa shape index (κ2) is 10.8. The number of carbonyl (C=O) groups excluding carboxylic acids is 1. The first kappa shape index (κ1) is 26.5. The molecule has 0 saturated heterocycles. The minimum atomic E-state index is -0.838. The second-order valence-electron chi connectivity index (χ2n) is 8.09. The molecule has 3 heterocycles. The Kier molecular flexibility index (Phi) is 7.57. The highest BCUT2D eigenvalue weighted by atomic mass is 35.5. The van der Waals surface area contributed by atoms with Crippen LogP contribution in [-0.4, -0.2) is 45.5 Å². The fraction of sp³-hybridized carbons (Fsp3) is 0.208. The van der Waals surface area contributed by atoms with E-state index in [1.54, 1.807) is 13.8 Å². The number of ether oxygens (including phenoxy) is 1. The summed E-state index contributed by atoms with van der Waals surface area (Å²) in [6.45, 7) is 6.90. The van der Waals surface area contributed by atoms with Gasteiger partial charge in [0.15, 0.2) is 5.76 Å². The number of benzene rings is 1. The normalized spacial score (nSPS) is 11.7. The number of carbonyl (C=O) groups is 1. The number of aryl methyl sites for hydroxylation is 1. The Hall–Kier alpha value is -4.52. The minimum Gasteiger partial charge on any atom is -0.479 e. The molecule has 0 saturated carbocycles. The molecule has 4 rings (SSSR count). The smallest absolute Gasteiger partial charge is 0.336 e. The van der Waals surface area contributed by atoms with Crippen molar-refractivity contribution < 1.29 is 27.4 Å². The number of halogens is 3. The Labute approximate surface area is 220 Å². The van der Waals surface area contributed by atoms with Gasteiger partial charge >= 0.3 is 6.03 Å². The van der Waals surface area contributed by atoms with Crippen LogP contribution in [0.5, 0.6) is 5.88 Å². The molecule has 1 aromatic carbocycles. The van der Waals surface area contributed by atoms with E-state index in [-0.39, 0.29) is 56.5 Å². The van der Waals surface area contributed by atoms with Crippen molar-refractivity contribution >= 4 is 23.3 Å². The molecule has 0 unspecified atom stereocenters. The van der Waals surface area contributed by atoms with E-state index in [2.05, 4.69) is 37.6 Å². The monoisotopic (exact) mass is 545 g/mol. The summed E-state index contributed by atoms with van der Waals surface area (Å²) in [5.41, 5.74) is 3.34. The van der Waals surface area contributed by atoms with Crippen molar-refractivity contribution in [2.75, 3.05) is 14.2 Å². The number of hydrazine groups is 1. The molecule has 0 aliphatic rings. The quantitative estimate of drug-likeness (QED) is 0.296. The van der Waals surface area contributed by atoms with Crippen LogP contribution >= 0.6 is 11.6 Å². The SMILES string of the molecule is C=C(NN(C)C(=O)N[C@H](C)c1ncc(-c2cc(Cl)cc(F)c2-c2noc(C)n2)cc1F)c1cc(OC)no1. The van der Waals surface area contributed by atoms with Gasteiger partial charge in [-0.05, 0) is 35.8 Å².